The molecule has 3 aromatic rings. The topological polar surface area (TPSA) is 93.4 Å². The van der Waals surface area contributed by atoms with Crippen LogP contribution in [0.15, 0.2) is 52.0 Å². The Morgan fingerprint density at radius 2 is 1.90 bits per heavy atom. The summed E-state index contributed by atoms with van der Waals surface area (Å²) < 4.78 is 16.8. The number of para-hydroxylation sites is 1. The highest BCUT2D eigenvalue weighted by Crippen LogP contribution is 2.28. The Kier molecular flexibility index (Phi) is 6.92. The van der Waals surface area contributed by atoms with Crippen molar-refractivity contribution in [3.8, 4) is 11.5 Å². The van der Waals surface area contributed by atoms with E-state index in [-0.39, 0.29) is 18.3 Å². The molecular weight excluding hydrogens is 398 g/mol. The summed E-state index contributed by atoms with van der Waals surface area (Å²) in [5.74, 6) is 0.574. The third kappa shape index (κ3) is 5.22. The number of hydrogen-bond acceptors (Lipinski definition) is 6. The van der Waals surface area contributed by atoms with Crippen LogP contribution in [0.3, 0.4) is 0 Å². The molecule has 0 saturated heterocycles. The van der Waals surface area contributed by atoms with Crippen LogP contribution in [-0.2, 0) is 4.79 Å². The molecular formula is C23H25N3O5. The van der Waals surface area contributed by atoms with E-state index in [0.717, 1.165) is 10.9 Å². The first-order valence-electron chi connectivity index (χ1n) is 9.82. The predicted octanol–water partition coefficient (Wildman–Crippen LogP) is 3.37. The Balaban J connectivity index is 1.69. The van der Waals surface area contributed by atoms with Crippen LogP contribution in [0.1, 0.15) is 28.6 Å². The molecule has 0 bridgehead atoms. The highest BCUT2D eigenvalue weighted by atomic mass is 16.5. The van der Waals surface area contributed by atoms with Crippen molar-refractivity contribution in [3.05, 3.63) is 59.4 Å². The maximum absolute atomic E-state index is 12.5. The number of ether oxygens (including phenoxy) is 2. The van der Waals surface area contributed by atoms with Gasteiger partial charge in [-0.25, -0.2) is 5.43 Å². The van der Waals surface area contributed by atoms with Gasteiger partial charge in [0.1, 0.15) is 5.58 Å². The van der Waals surface area contributed by atoms with Gasteiger partial charge < -0.3 is 18.8 Å². The summed E-state index contributed by atoms with van der Waals surface area (Å²) in [6.45, 7) is 4.03. The molecule has 0 aliphatic rings. The first-order chi connectivity index (χ1) is 14.9. The van der Waals surface area contributed by atoms with Gasteiger partial charge in [0.15, 0.2) is 23.9 Å². The highest BCUT2D eigenvalue weighted by molar-refractivity contribution is 5.99. The number of aryl methyl sites for hydroxylation is 1. The van der Waals surface area contributed by atoms with Crippen molar-refractivity contribution in [3.63, 3.8) is 0 Å². The minimum Gasteiger partial charge on any atom is -0.490 e. The van der Waals surface area contributed by atoms with Gasteiger partial charge in [0.2, 0.25) is 0 Å². The fourth-order valence-electron chi connectivity index (χ4n) is 2.87. The molecule has 0 spiro atoms. The average molecular weight is 423 g/mol. The third-order valence-corrected chi connectivity index (χ3v) is 4.55. The number of rotatable bonds is 8. The maximum atomic E-state index is 12.5. The summed E-state index contributed by atoms with van der Waals surface area (Å²) in [5.41, 5.74) is 4.59. The molecule has 0 aliphatic carbocycles. The van der Waals surface area contributed by atoms with Crippen molar-refractivity contribution in [1.29, 1.82) is 0 Å². The van der Waals surface area contributed by atoms with E-state index in [1.807, 2.05) is 38.1 Å². The Bertz CT molecular complexity index is 1120. The van der Waals surface area contributed by atoms with Crippen molar-refractivity contribution in [2.24, 2.45) is 5.10 Å². The molecule has 0 saturated carbocycles. The fourth-order valence-corrected chi connectivity index (χ4v) is 2.87. The van der Waals surface area contributed by atoms with Crippen LogP contribution >= 0.6 is 0 Å². The van der Waals surface area contributed by atoms with Crippen LogP contribution in [0.2, 0.25) is 0 Å². The second-order valence-corrected chi connectivity index (χ2v) is 6.97. The molecule has 1 heterocycles. The molecule has 1 N–H and O–H groups in total. The second kappa shape index (κ2) is 9.80. The van der Waals surface area contributed by atoms with Crippen molar-refractivity contribution in [1.82, 2.24) is 10.3 Å². The average Bonchev–Trinajstić information content (AvgIpc) is 3.10. The van der Waals surface area contributed by atoms with Gasteiger partial charge >= 0.3 is 5.91 Å². The predicted molar refractivity (Wildman–Crippen MR) is 118 cm³/mol. The van der Waals surface area contributed by atoms with Crippen LogP contribution in [-0.4, -0.2) is 50.2 Å². The molecule has 0 atom stereocenters. The van der Waals surface area contributed by atoms with Gasteiger partial charge in [0, 0.05) is 25.0 Å². The zero-order valence-corrected chi connectivity index (χ0v) is 18.0. The van der Waals surface area contributed by atoms with Crippen LogP contribution in [0.5, 0.6) is 11.5 Å². The van der Waals surface area contributed by atoms with Gasteiger partial charge in [0.05, 0.1) is 12.8 Å². The number of furan rings is 1. The number of amides is 2. The van der Waals surface area contributed by atoms with Gasteiger partial charge in [-0.05, 0) is 43.7 Å². The number of likely N-dealkylation sites (N-methyl/N-ethyl adjacent to an activating group) is 1. The van der Waals surface area contributed by atoms with Gasteiger partial charge in [0.25, 0.3) is 5.91 Å². The van der Waals surface area contributed by atoms with Gasteiger partial charge in [-0.1, -0.05) is 18.2 Å². The van der Waals surface area contributed by atoms with E-state index < -0.39 is 5.91 Å². The molecule has 2 aromatic carbocycles. The Morgan fingerprint density at radius 1 is 1.13 bits per heavy atom. The molecule has 0 aliphatic heterocycles. The molecule has 31 heavy (non-hydrogen) atoms. The normalized spacial score (nSPS) is 11.0. The first kappa shape index (κ1) is 21.9. The van der Waals surface area contributed by atoms with Crippen LogP contribution in [0, 0.1) is 6.92 Å². The lowest BCUT2D eigenvalue weighted by molar-refractivity contribution is -0.130. The van der Waals surface area contributed by atoms with E-state index in [0.29, 0.717) is 29.3 Å². The molecule has 2 amide bonds. The Morgan fingerprint density at radius 3 is 2.61 bits per heavy atom. The standard InChI is InChI=1S/C23H25N3O5/c1-5-29-20-12-16(10-11-19(20)30-14-21(27)26(3)4)13-24-25-23(28)22-15(2)17-8-6-7-9-18(17)31-22/h6-13H,5,14H2,1-4H3,(H,25,28)/b24-13-. The van der Waals surface area contributed by atoms with Crippen molar-refractivity contribution < 1.29 is 23.5 Å². The summed E-state index contributed by atoms with van der Waals surface area (Å²) >= 11 is 0. The largest absolute Gasteiger partial charge is 0.490 e. The van der Waals surface area contributed by atoms with Gasteiger partial charge in [-0.2, -0.15) is 5.10 Å². The van der Waals surface area contributed by atoms with Crippen LogP contribution in [0.25, 0.3) is 11.0 Å². The Labute approximate surface area is 180 Å². The SMILES string of the molecule is CCOc1cc(/C=N\NC(=O)c2oc3ccccc3c2C)ccc1OCC(=O)N(C)C. The molecule has 8 nitrogen and oxygen atoms in total. The molecule has 0 unspecified atom stereocenters. The lowest BCUT2D eigenvalue weighted by atomic mass is 10.1. The van der Waals surface area contributed by atoms with E-state index >= 15 is 0 Å². The van der Waals surface area contributed by atoms with E-state index in [1.165, 1.54) is 11.1 Å². The summed E-state index contributed by atoms with van der Waals surface area (Å²) in [6, 6.07) is 12.6. The van der Waals surface area contributed by atoms with Crippen molar-refractivity contribution in [2.45, 2.75) is 13.8 Å². The van der Waals surface area contributed by atoms with Crippen molar-refractivity contribution >= 4 is 29.0 Å². The summed E-state index contributed by atoms with van der Waals surface area (Å²) in [4.78, 5) is 25.7. The minimum atomic E-state index is -0.433. The number of hydrazone groups is 1. The number of carbonyl (C=O) groups is 2. The van der Waals surface area contributed by atoms with E-state index in [4.69, 9.17) is 13.9 Å². The van der Waals surface area contributed by atoms with E-state index in [2.05, 4.69) is 10.5 Å². The number of hydrogen-bond donors (Lipinski definition) is 1. The number of nitrogens with zero attached hydrogens (tertiary/aromatic N) is 2. The monoisotopic (exact) mass is 423 g/mol. The first-order valence-corrected chi connectivity index (χ1v) is 9.82. The Hall–Kier alpha value is -3.81. The molecule has 162 valence electrons. The number of fused-ring (bicyclic) bond motifs is 1. The molecule has 1 aromatic heterocycles. The molecule has 0 radical (unpaired) electrons. The number of nitrogens with one attached hydrogen (secondary N) is 1. The molecule has 0 fully saturated rings. The van der Waals surface area contributed by atoms with Gasteiger partial charge in [-0.3, -0.25) is 9.59 Å². The van der Waals surface area contributed by atoms with E-state index in [9.17, 15) is 9.59 Å². The molecule has 8 heteroatoms. The highest BCUT2D eigenvalue weighted by Gasteiger charge is 2.16. The van der Waals surface area contributed by atoms with Crippen LogP contribution in [0.4, 0.5) is 0 Å². The van der Waals surface area contributed by atoms with Crippen molar-refractivity contribution in [2.75, 3.05) is 27.3 Å². The number of benzene rings is 2. The summed E-state index contributed by atoms with van der Waals surface area (Å²) in [5, 5.41) is 4.91. The second-order valence-electron chi connectivity index (χ2n) is 6.97. The number of carbonyl (C=O) groups excluding carboxylic acids is 2. The summed E-state index contributed by atoms with van der Waals surface area (Å²) in [6.07, 6.45) is 1.49. The smallest absolute Gasteiger partial charge is 0.307 e. The lowest BCUT2D eigenvalue weighted by Crippen LogP contribution is -2.27. The lowest BCUT2D eigenvalue weighted by Gasteiger charge is -2.14. The van der Waals surface area contributed by atoms with Crippen LogP contribution < -0.4 is 14.9 Å². The van der Waals surface area contributed by atoms with E-state index in [1.54, 1.807) is 32.3 Å². The third-order valence-electron chi connectivity index (χ3n) is 4.55. The van der Waals surface area contributed by atoms with Gasteiger partial charge in [-0.15, -0.1) is 0 Å². The zero-order chi connectivity index (χ0) is 22.4. The zero-order valence-electron chi connectivity index (χ0n) is 18.0. The molecule has 3 rings (SSSR count). The fraction of sp³-hybridized carbons (Fsp3) is 0.261. The maximum Gasteiger partial charge on any atom is 0.307 e. The summed E-state index contributed by atoms with van der Waals surface area (Å²) in [7, 11) is 3.33. The quantitative estimate of drug-likeness (QED) is 0.443. The minimum absolute atomic E-state index is 0.0899.